The molecule has 1 saturated carbocycles. The summed E-state index contributed by atoms with van der Waals surface area (Å²) in [7, 11) is 0. The minimum atomic E-state index is 0.00106. The molecule has 2 fully saturated rings. The van der Waals surface area contributed by atoms with Crippen molar-refractivity contribution in [1.29, 1.82) is 0 Å². The first-order valence-electron chi connectivity index (χ1n) is 5.37. The minimum Gasteiger partial charge on any atom is -0.378 e. The Balaban J connectivity index is 1.80. The summed E-state index contributed by atoms with van der Waals surface area (Å²) in [6.07, 6.45) is 2.40. The van der Waals surface area contributed by atoms with Crippen molar-refractivity contribution in [3.8, 4) is 0 Å². The van der Waals surface area contributed by atoms with Crippen molar-refractivity contribution >= 4 is 5.91 Å². The Morgan fingerprint density at radius 3 is 2.79 bits per heavy atom. The van der Waals surface area contributed by atoms with Crippen LogP contribution in [0, 0.1) is 0 Å². The normalized spacial score (nSPS) is 37.4. The summed E-state index contributed by atoms with van der Waals surface area (Å²) in [5, 5.41) is 3.15. The monoisotopic (exact) mass is 198 g/mol. The van der Waals surface area contributed by atoms with Crippen LogP contribution in [-0.4, -0.2) is 42.3 Å². The molecule has 0 radical (unpaired) electrons. The Morgan fingerprint density at radius 1 is 1.57 bits per heavy atom. The summed E-state index contributed by atoms with van der Waals surface area (Å²) in [5.41, 5.74) is 0. The lowest BCUT2D eigenvalue weighted by Gasteiger charge is -2.40. The first-order chi connectivity index (χ1) is 6.72. The molecule has 4 heteroatoms. The Morgan fingerprint density at radius 2 is 2.29 bits per heavy atom. The molecule has 80 valence electrons. The number of carbonyl (C=O) groups is 1. The second-order valence-corrected chi connectivity index (χ2v) is 4.09. The molecule has 0 spiro atoms. The van der Waals surface area contributed by atoms with Crippen molar-refractivity contribution in [1.82, 2.24) is 10.2 Å². The topological polar surface area (TPSA) is 41.6 Å². The van der Waals surface area contributed by atoms with Crippen LogP contribution >= 0.6 is 0 Å². The van der Waals surface area contributed by atoms with Crippen LogP contribution in [0.2, 0.25) is 0 Å². The maximum Gasteiger partial charge on any atom is 0.240 e. The molecule has 1 unspecified atom stereocenters. The Kier molecular flexibility index (Phi) is 2.74. The zero-order valence-corrected chi connectivity index (χ0v) is 8.82. The van der Waals surface area contributed by atoms with Gasteiger partial charge in [0.05, 0.1) is 18.8 Å². The van der Waals surface area contributed by atoms with Gasteiger partial charge >= 0.3 is 0 Å². The highest BCUT2D eigenvalue weighted by Gasteiger charge is 2.40. The van der Waals surface area contributed by atoms with Crippen molar-refractivity contribution in [2.24, 2.45) is 0 Å². The molecule has 1 amide bonds. The molecule has 1 heterocycles. The van der Waals surface area contributed by atoms with Crippen LogP contribution in [-0.2, 0) is 9.53 Å². The van der Waals surface area contributed by atoms with Crippen LogP contribution in [0.15, 0.2) is 0 Å². The number of carbonyl (C=O) groups excluding carboxylic acids is 1. The van der Waals surface area contributed by atoms with Gasteiger partial charge in [0, 0.05) is 12.6 Å². The molecule has 1 aliphatic carbocycles. The minimum absolute atomic E-state index is 0.00106. The first kappa shape index (κ1) is 9.93. The fourth-order valence-electron chi connectivity index (χ4n) is 2.12. The van der Waals surface area contributed by atoms with Crippen molar-refractivity contribution in [2.45, 2.75) is 44.9 Å². The molecule has 1 aliphatic heterocycles. The van der Waals surface area contributed by atoms with Crippen molar-refractivity contribution in [2.75, 3.05) is 13.3 Å². The fourth-order valence-corrected chi connectivity index (χ4v) is 2.12. The molecule has 0 bridgehead atoms. The van der Waals surface area contributed by atoms with E-state index in [-0.39, 0.29) is 11.9 Å². The number of hydrogen-bond acceptors (Lipinski definition) is 3. The van der Waals surface area contributed by atoms with E-state index in [9.17, 15) is 4.79 Å². The third kappa shape index (κ3) is 1.64. The first-order valence-corrected chi connectivity index (χ1v) is 5.37. The Hall–Kier alpha value is -0.610. The van der Waals surface area contributed by atoms with E-state index in [0.29, 0.717) is 18.8 Å². The molecule has 1 atom stereocenters. The molecule has 2 aliphatic rings. The van der Waals surface area contributed by atoms with Crippen molar-refractivity contribution in [3.05, 3.63) is 0 Å². The largest absolute Gasteiger partial charge is 0.378 e. The van der Waals surface area contributed by atoms with Gasteiger partial charge in [-0.15, -0.1) is 0 Å². The van der Waals surface area contributed by atoms with Crippen LogP contribution < -0.4 is 5.32 Å². The van der Waals surface area contributed by atoms with Crippen molar-refractivity contribution < 1.29 is 9.53 Å². The maximum absolute atomic E-state index is 11.6. The summed E-state index contributed by atoms with van der Waals surface area (Å²) >= 11 is 0. The van der Waals surface area contributed by atoms with Gasteiger partial charge < -0.3 is 9.64 Å². The highest BCUT2D eigenvalue weighted by atomic mass is 16.5. The zero-order chi connectivity index (χ0) is 10.1. The van der Waals surface area contributed by atoms with E-state index in [2.05, 4.69) is 5.32 Å². The van der Waals surface area contributed by atoms with Gasteiger partial charge in [-0.25, -0.2) is 0 Å². The van der Waals surface area contributed by atoms with Crippen LogP contribution in [0.25, 0.3) is 0 Å². The van der Waals surface area contributed by atoms with Crippen LogP contribution in [0.4, 0.5) is 0 Å². The lowest BCUT2D eigenvalue weighted by Crippen LogP contribution is -2.49. The van der Waals surface area contributed by atoms with Gasteiger partial charge in [0.2, 0.25) is 5.91 Å². The standard InChI is InChI=1S/C10H18N2O2/c1-3-14-9-4-8(5-9)12-6-11-7(2)10(12)13/h7-9,11H,3-6H2,1-2H3. The third-order valence-corrected chi connectivity index (χ3v) is 3.13. The summed E-state index contributed by atoms with van der Waals surface area (Å²) in [4.78, 5) is 13.6. The predicted octanol–water partition coefficient (Wildman–Crippen LogP) is 0.332. The van der Waals surface area contributed by atoms with E-state index in [1.165, 1.54) is 0 Å². The van der Waals surface area contributed by atoms with Gasteiger partial charge in [0.1, 0.15) is 0 Å². The van der Waals surface area contributed by atoms with E-state index >= 15 is 0 Å². The molecule has 0 aromatic heterocycles. The fraction of sp³-hybridized carbons (Fsp3) is 0.900. The molecule has 4 nitrogen and oxygen atoms in total. The number of rotatable bonds is 3. The van der Waals surface area contributed by atoms with Gasteiger partial charge in [-0.3, -0.25) is 10.1 Å². The van der Waals surface area contributed by atoms with Gasteiger partial charge in [0.25, 0.3) is 0 Å². The summed E-state index contributed by atoms with van der Waals surface area (Å²) < 4.78 is 5.47. The highest BCUT2D eigenvalue weighted by molar-refractivity contribution is 5.83. The van der Waals surface area contributed by atoms with E-state index < -0.39 is 0 Å². The second-order valence-electron chi connectivity index (χ2n) is 4.09. The maximum atomic E-state index is 11.6. The van der Waals surface area contributed by atoms with E-state index in [1.54, 1.807) is 0 Å². The zero-order valence-electron chi connectivity index (χ0n) is 8.82. The molecule has 1 saturated heterocycles. The summed E-state index contributed by atoms with van der Waals surface area (Å²) in [6.45, 7) is 5.42. The van der Waals surface area contributed by atoms with Gasteiger partial charge in [-0.2, -0.15) is 0 Å². The average molecular weight is 198 g/mol. The van der Waals surface area contributed by atoms with E-state index in [0.717, 1.165) is 19.4 Å². The number of amides is 1. The molecular formula is C10H18N2O2. The molecule has 0 aromatic carbocycles. The smallest absolute Gasteiger partial charge is 0.240 e. The lowest BCUT2D eigenvalue weighted by molar-refractivity contribution is -0.135. The molecular weight excluding hydrogens is 180 g/mol. The van der Waals surface area contributed by atoms with Gasteiger partial charge in [-0.05, 0) is 26.7 Å². The van der Waals surface area contributed by atoms with E-state index in [1.807, 2.05) is 18.7 Å². The highest BCUT2D eigenvalue weighted by Crippen LogP contribution is 2.29. The van der Waals surface area contributed by atoms with E-state index in [4.69, 9.17) is 4.74 Å². The van der Waals surface area contributed by atoms with Crippen molar-refractivity contribution in [3.63, 3.8) is 0 Å². The Bertz CT molecular complexity index is 226. The van der Waals surface area contributed by atoms with Crippen LogP contribution in [0.5, 0.6) is 0 Å². The Labute approximate surface area is 84.6 Å². The van der Waals surface area contributed by atoms with Crippen LogP contribution in [0.3, 0.4) is 0 Å². The predicted molar refractivity (Wildman–Crippen MR) is 52.7 cm³/mol. The molecule has 14 heavy (non-hydrogen) atoms. The number of hydrogen-bond donors (Lipinski definition) is 1. The SMILES string of the molecule is CCOC1CC(N2CNC(C)C2=O)C1. The molecule has 2 rings (SSSR count). The lowest BCUT2D eigenvalue weighted by atomic mass is 9.88. The molecule has 0 aromatic rings. The average Bonchev–Trinajstić information content (AvgIpc) is 2.41. The van der Waals surface area contributed by atoms with Gasteiger partial charge in [0.15, 0.2) is 0 Å². The summed E-state index contributed by atoms with van der Waals surface area (Å²) in [6, 6.07) is 0.414. The number of ether oxygens (including phenoxy) is 1. The molecule has 1 N–H and O–H groups in total. The number of nitrogens with one attached hydrogen (secondary N) is 1. The van der Waals surface area contributed by atoms with Gasteiger partial charge in [-0.1, -0.05) is 0 Å². The van der Waals surface area contributed by atoms with Crippen LogP contribution in [0.1, 0.15) is 26.7 Å². The quantitative estimate of drug-likeness (QED) is 0.710. The number of nitrogens with zero attached hydrogens (tertiary/aromatic N) is 1. The second kappa shape index (κ2) is 3.87. The summed E-state index contributed by atoms with van der Waals surface area (Å²) in [5.74, 6) is 0.241. The third-order valence-electron chi connectivity index (χ3n) is 3.13.